The molecule has 0 aliphatic heterocycles. The molecule has 112 valence electrons. The number of carbonyl (C=O) groups excluding carboxylic acids is 1. The first kappa shape index (κ1) is 14.9. The molecule has 1 aromatic carbocycles. The molecule has 0 atom stereocenters. The third-order valence-electron chi connectivity index (χ3n) is 3.04. The Kier molecular flexibility index (Phi) is 4.81. The molecule has 2 N–H and O–H groups in total. The third-order valence-corrected chi connectivity index (χ3v) is 3.04. The van der Waals surface area contributed by atoms with Crippen LogP contribution in [0.15, 0.2) is 36.9 Å². The molecule has 0 saturated heterocycles. The molecular weight excluding hydrogens is 272 g/mol. The molecule has 21 heavy (non-hydrogen) atoms. The number of carboxylic acid groups (broad SMARTS) is 1. The Labute approximate surface area is 123 Å². The third kappa shape index (κ3) is 4.52. The second-order valence-corrected chi connectivity index (χ2v) is 4.81. The van der Waals surface area contributed by atoms with E-state index in [-0.39, 0.29) is 12.6 Å². The SMILES string of the molecule is C=CCN(C(=O)Nc1ccc(OCC(=O)O)cc1)C1CC1. The standard InChI is InChI=1S/C15H18N2O4/c1-2-9-17(12-5-6-12)15(20)16-11-3-7-13(8-4-11)21-10-14(18)19/h2-4,7-8,12H,1,5-6,9-10H2,(H,16,20)(H,18,19). The van der Waals surface area contributed by atoms with Crippen LogP contribution in [0.1, 0.15) is 12.8 Å². The Hall–Kier alpha value is -2.50. The summed E-state index contributed by atoms with van der Waals surface area (Å²) in [6, 6.07) is 6.74. The summed E-state index contributed by atoms with van der Waals surface area (Å²) in [6.45, 7) is 3.80. The predicted molar refractivity (Wildman–Crippen MR) is 78.5 cm³/mol. The summed E-state index contributed by atoms with van der Waals surface area (Å²) in [5.41, 5.74) is 0.636. The van der Waals surface area contributed by atoms with Gasteiger partial charge in [0, 0.05) is 18.3 Å². The minimum atomic E-state index is -1.03. The number of carbonyl (C=O) groups is 2. The minimum absolute atomic E-state index is 0.156. The van der Waals surface area contributed by atoms with Crippen LogP contribution in [0.4, 0.5) is 10.5 Å². The maximum Gasteiger partial charge on any atom is 0.341 e. The molecule has 0 bridgehead atoms. The number of nitrogens with one attached hydrogen (secondary N) is 1. The first-order valence-electron chi connectivity index (χ1n) is 6.73. The molecule has 0 spiro atoms. The van der Waals surface area contributed by atoms with Crippen LogP contribution in [0, 0.1) is 0 Å². The lowest BCUT2D eigenvalue weighted by molar-refractivity contribution is -0.139. The number of anilines is 1. The molecule has 0 radical (unpaired) electrons. The summed E-state index contributed by atoms with van der Waals surface area (Å²) in [5.74, 6) is -0.586. The Morgan fingerprint density at radius 1 is 1.38 bits per heavy atom. The van der Waals surface area contributed by atoms with Crippen molar-refractivity contribution in [2.45, 2.75) is 18.9 Å². The van der Waals surface area contributed by atoms with E-state index in [9.17, 15) is 9.59 Å². The summed E-state index contributed by atoms with van der Waals surface area (Å²) >= 11 is 0. The van der Waals surface area contributed by atoms with Crippen molar-refractivity contribution in [2.75, 3.05) is 18.5 Å². The van der Waals surface area contributed by atoms with Gasteiger partial charge in [0.1, 0.15) is 5.75 Å². The van der Waals surface area contributed by atoms with E-state index in [1.807, 2.05) is 0 Å². The summed E-state index contributed by atoms with van der Waals surface area (Å²) in [5, 5.41) is 11.3. The van der Waals surface area contributed by atoms with Gasteiger partial charge in [-0.1, -0.05) is 6.08 Å². The molecule has 2 amide bonds. The van der Waals surface area contributed by atoms with Crippen molar-refractivity contribution in [3.8, 4) is 5.75 Å². The molecule has 1 saturated carbocycles. The van der Waals surface area contributed by atoms with E-state index in [2.05, 4.69) is 11.9 Å². The average molecular weight is 290 g/mol. The summed E-state index contributed by atoms with van der Waals surface area (Å²) in [4.78, 5) is 24.3. The molecule has 0 unspecified atom stereocenters. The predicted octanol–water partition coefficient (Wildman–Crippen LogP) is 2.33. The van der Waals surface area contributed by atoms with Crippen LogP contribution in [0.25, 0.3) is 0 Å². The van der Waals surface area contributed by atoms with Gasteiger partial charge in [0.2, 0.25) is 0 Å². The number of benzene rings is 1. The van der Waals surface area contributed by atoms with E-state index in [4.69, 9.17) is 9.84 Å². The van der Waals surface area contributed by atoms with Gasteiger partial charge in [0.25, 0.3) is 0 Å². The van der Waals surface area contributed by atoms with E-state index in [0.717, 1.165) is 12.8 Å². The molecule has 0 aromatic heterocycles. The van der Waals surface area contributed by atoms with E-state index in [1.54, 1.807) is 35.2 Å². The van der Waals surface area contributed by atoms with Crippen molar-refractivity contribution in [2.24, 2.45) is 0 Å². The fraction of sp³-hybridized carbons (Fsp3) is 0.333. The van der Waals surface area contributed by atoms with E-state index < -0.39 is 5.97 Å². The van der Waals surface area contributed by atoms with Gasteiger partial charge in [-0.05, 0) is 37.1 Å². The van der Waals surface area contributed by atoms with E-state index in [0.29, 0.717) is 24.0 Å². The molecular formula is C15H18N2O4. The highest BCUT2D eigenvalue weighted by Gasteiger charge is 2.31. The molecule has 1 aliphatic rings. The van der Waals surface area contributed by atoms with Crippen molar-refractivity contribution in [1.29, 1.82) is 0 Å². The van der Waals surface area contributed by atoms with E-state index in [1.165, 1.54) is 0 Å². The van der Waals surface area contributed by atoms with E-state index >= 15 is 0 Å². The van der Waals surface area contributed by atoms with Crippen molar-refractivity contribution in [3.05, 3.63) is 36.9 Å². The lowest BCUT2D eigenvalue weighted by Crippen LogP contribution is -2.36. The molecule has 0 heterocycles. The first-order valence-corrected chi connectivity index (χ1v) is 6.73. The quantitative estimate of drug-likeness (QED) is 0.755. The minimum Gasteiger partial charge on any atom is -0.482 e. The smallest absolute Gasteiger partial charge is 0.341 e. The zero-order chi connectivity index (χ0) is 15.2. The van der Waals surface area contributed by atoms with Crippen molar-refractivity contribution < 1.29 is 19.4 Å². The summed E-state index contributed by atoms with van der Waals surface area (Å²) in [7, 11) is 0. The molecule has 6 heteroatoms. The van der Waals surface area contributed by atoms with Crippen LogP contribution in [-0.4, -0.2) is 41.2 Å². The second-order valence-electron chi connectivity index (χ2n) is 4.81. The number of carboxylic acids is 1. The molecule has 1 aromatic rings. The van der Waals surface area contributed by atoms with Crippen LogP contribution < -0.4 is 10.1 Å². The highest BCUT2D eigenvalue weighted by Crippen LogP contribution is 2.27. The maximum absolute atomic E-state index is 12.1. The van der Waals surface area contributed by atoms with Gasteiger partial charge < -0.3 is 20.1 Å². The van der Waals surface area contributed by atoms with Crippen LogP contribution >= 0.6 is 0 Å². The number of hydrogen-bond donors (Lipinski definition) is 2. The first-order chi connectivity index (χ1) is 10.1. The molecule has 1 aliphatic carbocycles. The number of aliphatic carboxylic acids is 1. The number of nitrogens with zero attached hydrogens (tertiary/aromatic N) is 1. The Balaban J connectivity index is 1.91. The van der Waals surface area contributed by atoms with Gasteiger partial charge in [-0.25, -0.2) is 9.59 Å². The van der Waals surface area contributed by atoms with Crippen LogP contribution in [0.2, 0.25) is 0 Å². The fourth-order valence-electron chi connectivity index (χ4n) is 1.90. The monoisotopic (exact) mass is 290 g/mol. The largest absolute Gasteiger partial charge is 0.482 e. The van der Waals surface area contributed by atoms with Gasteiger partial charge in [-0.3, -0.25) is 0 Å². The molecule has 6 nitrogen and oxygen atoms in total. The van der Waals surface area contributed by atoms with Crippen LogP contribution in [0.3, 0.4) is 0 Å². The number of urea groups is 1. The topological polar surface area (TPSA) is 78.9 Å². The number of hydrogen-bond acceptors (Lipinski definition) is 3. The van der Waals surface area contributed by atoms with Crippen molar-refractivity contribution >= 4 is 17.7 Å². The van der Waals surface area contributed by atoms with Crippen LogP contribution in [-0.2, 0) is 4.79 Å². The Morgan fingerprint density at radius 2 is 2.05 bits per heavy atom. The number of amides is 2. The van der Waals surface area contributed by atoms with Gasteiger partial charge in [-0.15, -0.1) is 6.58 Å². The fourth-order valence-corrected chi connectivity index (χ4v) is 1.90. The van der Waals surface area contributed by atoms with Crippen molar-refractivity contribution in [1.82, 2.24) is 4.90 Å². The zero-order valence-electron chi connectivity index (χ0n) is 11.6. The van der Waals surface area contributed by atoms with Gasteiger partial charge >= 0.3 is 12.0 Å². The summed E-state index contributed by atoms with van der Waals surface area (Å²) in [6.07, 6.45) is 3.77. The highest BCUT2D eigenvalue weighted by atomic mass is 16.5. The normalized spacial score (nSPS) is 13.3. The second kappa shape index (κ2) is 6.78. The lowest BCUT2D eigenvalue weighted by atomic mass is 10.3. The highest BCUT2D eigenvalue weighted by molar-refractivity contribution is 5.89. The Morgan fingerprint density at radius 3 is 2.57 bits per heavy atom. The lowest BCUT2D eigenvalue weighted by Gasteiger charge is -2.21. The molecule has 2 rings (SSSR count). The van der Waals surface area contributed by atoms with Crippen LogP contribution in [0.5, 0.6) is 5.75 Å². The molecule has 1 fully saturated rings. The number of ether oxygens (including phenoxy) is 1. The zero-order valence-corrected chi connectivity index (χ0v) is 11.6. The Bertz CT molecular complexity index is 523. The maximum atomic E-state index is 12.1. The van der Waals surface area contributed by atoms with Gasteiger partial charge in [-0.2, -0.15) is 0 Å². The van der Waals surface area contributed by atoms with Gasteiger partial charge in [0.15, 0.2) is 6.61 Å². The number of rotatable bonds is 7. The average Bonchev–Trinajstić information content (AvgIpc) is 3.28. The summed E-state index contributed by atoms with van der Waals surface area (Å²) < 4.78 is 5.03. The van der Waals surface area contributed by atoms with Gasteiger partial charge in [0.05, 0.1) is 0 Å². The van der Waals surface area contributed by atoms with Crippen molar-refractivity contribution in [3.63, 3.8) is 0 Å².